The van der Waals surface area contributed by atoms with Crippen molar-refractivity contribution in [3.63, 3.8) is 0 Å². The molecule has 0 atom stereocenters. The van der Waals surface area contributed by atoms with Crippen molar-refractivity contribution in [3.8, 4) is 0 Å². The third-order valence-corrected chi connectivity index (χ3v) is 7.27. The summed E-state index contributed by atoms with van der Waals surface area (Å²) in [7, 11) is -3.68. The van der Waals surface area contributed by atoms with E-state index >= 15 is 0 Å². The molecule has 0 bridgehead atoms. The Kier molecular flexibility index (Phi) is 5.66. The highest BCUT2D eigenvalue weighted by molar-refractivity contribution is 7.89. The Morgan fingerprint density at radius 1 is 1.28 bits per heavy atom. The summed E-state index contributed by atoms with van der Waals surface area (Å²) in [4.78, 5) is 12.9. The third-order valence-electron chi connectivity index (χ3n) is 5.29. The fourth-order valence-electron chi connectivity index (χ4n) is 3.47. The molecule has 2 fully saturated rings. The van der Waals surface area contributed by atoms with Gasteiger partial charge in [-0.15, -0.1) is 10.2 Å². The lowest BCUT2D eigenvalue weighted by Crippen LogP contribution is -2.41. The average Bonchev–Trinajstić information content (AvgIpc) is 3.49. The minimum absolute atomic E-state index is 0.190. The Balaban J connectivity index is 1.53. The number of hydrogen-bond acceptors (Lipinski definition) is 6. The Morgan fingerprint density at radius 3 is 2.72 bits per heavy atom. The van der Waals surface area contributed by atoms with Crippen molar-refractivity contribution >= 4 is 15.9 Å². The van der Waals surface area contributed by atoms with Gasteiger partial charge >= 0.3 is 0 Å². The van der Waals surface area contributed by atoms with Crippen LogP contribution in [0.5, 0.6) is 0 Å². The van der Waals surface area contributed by atoms with E-state index in [1.807, 2.05) is 11.5 Å². The number of carbonyl (C=O) groups is 1. The minimum Gasteiger partial charge on any atom is -0.379 e. The molecular weight excluding hydrogens is 394 g/mol. The molecule has 1 saturated heterocycles. The summed E-state index contributed by atoms with van der Waals surface area (Å²) in [6, 6.07) is 5.28. The number of aryl methyl sites for hydroxylation is 1. The second-order valence-electron chi connectivity index (χ2n) is 7.26. The lowest BCUT2D eigenvalue weighted by molar-refractivity contribution is 0.0730. The first-order valence-electron chi connectivity index (χ1n) is 9.88. The monoisotopic (exact) mass is 419 g/mol. The van der Waals surface area contributed by atoms with Crippen molar-refractivity contribution in [2.24, 2.45) is 0 Å². The zero-order valence-corrected chi connectivity index (χ0v) is 17.2. The van der Waals surface area contributed by atoms with Crippen LogP contribution >= 0.6 is 0 Å². The highest BCUT2D eigenvalue weighted by atomic mass is 32.2. The number of carbonyl (C=O) groups excluding carboxylic acids is 1. The minimum atomic E-state index is -3.68. The molecule has 9 nitrogen and oxygen atoms in total. The first-order valence-corrected chi connectivity index (χ1v) is 11.3. The van der Waals surface area contributed by atoms with Gasteiger partial charge in [0, 0.05) is 24.7 Å². The first-order chi connectivity index (χ1) is 14.0. The number of morpholine rings is 1. The lowest BCUT2D eigenvalue weighted by Gasteiger charge is -2.27. The van der Waals surface area contributed by atoms with Gasteiger partial charge in [0.25, 0.3) is 5.91 Å². The normalized spacial score (nSPS) is 18.0. The van der Waals surface area contributed by atoms with E-state index in [2.05, 4.69) is 15.5 Å². The Bertz CT molecular complexity index is 994. The third kappa shape index (κ3) is 4.19. The maximum absolute atomic E-state index is 13.1. The number of aromatic nitrogens is 3. The van der Waals surface area contributed by atoms with Gasteiger partial charge < -0.3 is 14.6 Å². The van der Waals surface area contributed by atoms with Crippen LogP contribution in [0.3, 0.4) is 0 Å². The van der Waals surface area contributed by atoms with Crippen LogP contribution in [0.25, 0.3) is 0 Å². The number of hydrogen-bond donors (Lipinski definition) is 1. The molecule has 1 N–H and O–H groups in total. The van der Waals surface area contributed by atoms with Crippen LogP contribution in [0.2, 0.25) is 0 Å². The van der Waals surface area contributed by atoms with Crippen LogP contribution in [0.1, 0.15) is 47.6 Å². The number of sulfonamides is 1. The molecule has 0 radical (unpaired) electrons. The Hall–Kier alpha value is -2.30. The van der Waals surface area contributed by atoms with E-state index in [0.29, 0.717) is 55.7 Å². The quantitative estimate of drug-likeness (QED) is 0.721. The molecule has 1 saturated carbocycles. The predicted octanol–water partition coefficient (Wildman–Crippen LogP) is 1.13. The molecule has 1 aromatic carbocycles. The summed E-state index contributed by atoms with van der Waals surface area (Å²) in [5, 5.41) is 10.8. The summed E-state index contributed by atoms with van der Waals surface area (Å²) in [5.74, 6) is 0.364. The van der Waals surface area contributed by atoms with Gasteiger partial charge in [0.15, 0.2) is 5.82 Å². The van der Waals surface area contributed by atoms with Crippen LogP contribution in [-0.2, 0) is 27.7 Å². The maximum Gasteiger partial charge on any atom is 0.251 e. The van der Waals surface area contributed by atoms with E-state index < -0.39 is 10.0 Å². The van der Waals surface area contributed by atoms with E-state index in [9.17, 15) is 13.2 Å². The smallest absolute Gasteiger partial charge is 0.251 e. The molecule has 29 heavy (non-hydrogen) atoms. The van der Waals surface area contributed by atoms with E-state index in [4.69, 9.17) is 4.74 Å². The standard InChI is InChI=1S/C19H25N5O4S/c1-2-14-3-4-15(11-17(14)29(26,27)23-7-9-28-10-8-23)19(25)20-12-18-22-21-13-24(18)16-5-6-16/h3-4,11,13,16H,2,5-10,12H2,1H3,(H,20,25). The first kappa shape index (κ1) is 20.0. The maximum atomic E-state index is 13.1. The van der Waals surface area contributed by atoms with Gasteiger partial charge in [-0.2, -0.15) is 4.31 Å². The zero-order chi connectivity index (χ0) is 20.4. The fourth-order valence-corrected chi connectivity index (χ4v) is 5.19. The van der Waals surface area contributed by atoms with Crippen LogP contribution < -0.4 is 5.32 Å². The Morgan fingerprint density at radius 2 is 2.03 bits per heavy atom. The molecular formula is C19H25N5O4S. The van der Waals surface area contributed by atoms with E-state index in [0.717, 1.165) is 12.8 Å². The van der Waals surface area contributed by atoms with Crippen LogP contribution in [0.15, 0.2) is 29.4 Å². The Labute approximate surface area is 170 Å². The summed E-state index contributed by atoms with van der Waals surface area (Å²) >= 11 is 0. The molecule has 2 heterocycles. The van der Waals surface area contributed by atoms with Gasteiger partial charge in [0.1, 0.15) is 6.33 Å². The molecule has 0 spiro atoms. The largest absolute Gasteiger partial charge is 0.379 e. The second kappa shape index (κ2) is 8.21. The number of rotatable bonds is 7. The van der Waals surface area contributed by atoms with Gasteiger partial charge in [0.2, 0.25) is 10.0 Å². The number of benzene rings is 1. The van der Waals surface area contributed by atoms with Crippen molar-refractivity contribution in [1.29, 1.82) is 0 Å². The lowest BCUT2D eigenvalue weighted by atomic mass is 10.1. The van der Waals surface area contributed by atoms with E-state index in [1.54, 1.807) is 18.5 Å². The highest BCUT2D eigenvalue weighted by Gasteiger charge is 2.29. The summed E-state index contributed by atoms with van der Waals surface area (Å²) in [5.41, 5.74) is 1.01. The van der Waals surface area contributed by atoms with Gasteiger partial charge in [-0.25, -0.2) is 8.42 Å². The van der Waals surface area contributed by atoms with Crippen LogP contribution in [0, 0.1) is 0 Å². The van der Waals surface area contributed by atoms with Crippen molar-refractivity contribution in [3.05, 3.63) is 41.5 Å². The zero-order valence-electron chi connectivity index (χ0n) is 16.4. The topological polar surface area (TPSA) is 106 Å². The summed E-state index contributed by atoms with van der Waals surface area (Å²) in [6.07, 6.45) is 4.44. The number of amides is 1. The van der Waals surface area contributed by atoms with Crippen molar-refractivity contribution < 1.29 is 17.9 Å². The molecule has 2 aromatic rings. The molecule has 0 unspecified atom stereocenters. The summed E-state index contributed by atoms with van der Waals surface area (Å²) in [6.45, 7) is 3.54. The molecule has 1 aliphatic carbocycles. The van der Waals surface area contributed by atoms with Gasteiger partial charge in [-0.3, -0.25) is 4.79 Å². The average molecular weight is 420 g/mol. The van der Waals surface area contributed by atoms with Crippen molar-refractivity contribution in [2.75, 3.05) is 26.3 Å². The van der Waals surface area contributed by atoms with Crippen LogP contribution in [0.4, 0.5) is 0 Å². The molecule has 1 aliphatic heterocycles. The molecule has 1 aromatic heterocycles. The van der Waals surface area contributed by atoms with Gasteiger partial charge in [-0.1, -0.05) is 13.0 Å². The molecule has 10 heteroatoms. The van der Waals surface area contributed by atoms with Crippen molar-refractivity contribution in [1.82, 2.24) is 24.4 Å². The van der Waals surface area contributed by atoms with Gasteiger partial charge in [0.05, 0.1) is 24.7 Å². The second-order valence-corrected chi connectivity index (χ2v) is 9.17. The SMILES string of the molecule is CCc1ccc(C(=O)NCc2nncn2C2CC2)cc1S(=O)(=O)N1CCOCC1. The van der Waals surface area contributed by atoms with Crippen LogP contribution in [-0.4, -0.2) is 59.7 Å². The molecule has 156 valence electrons. The van der Waals surface area contributed by atoms with Crippen molar-refractivity contribution in [2.45, 2.75) is 43.7 Å². The van der Waals surface area contributed by atoms with Gasteiger partial charge in [-0.05, 0) is 37.0 Å². The number of ether oxygens (including phenoxy) is 1. The number of nitrogens with one attached hydrogen (secondary N) is 1. The molecule has 4 rings (SSSR count). The summed E-state index contributed by atoms with van der Waals surface area (Å²) < 4.78 is 34.9. The fraction of sp³-hybridized carbons (Fsp3) is 0.526. The molecule has 2 aliphatic rings. The van der Waals surface area contributed by atoms with E-state index in [-0.39, 0.29) is 17.3 Å². The predicted molar refractivity (Wildman–Crippen MR) is 105 cm³/mol. The number of nitrogens with zero attached hydrogens (tertiary/aromatic N) is 4. The van der Waals surface area contributed by atoms with E-state index in [1.165, 1.54) is 10.4 Å². The molecule has 1 amide bonds. The highest BCUT2D eigenvalue weighted by Crippen LogP contribution is 2.35.